The van der Waals surface area contributed by atoms with Crippen LogP contribution in [-0.4, -0.2) is 54.0 Å². The Morgan fingerprint density at radius 3 is 2.79 bits per heavy atom. The first kappa shape index (κ1) is 21.7. The summed E-state index contributed by atoms with van der Waals surface area (Å²) in [5, 5.41) is 7.74. The first-order valence-corrected chi connectivity index (χ1v) is 11.9. The van der Waals surface area contributed by atoms with Gasteiger partial charge < -0.3 is 21.3 Å². The Hall–Kier alpha value is -1.96. The Bertz CT molecular complexity index is 704. The molecule has 0 aromatic carbocycles. The molecule has 8 heteroatoms. The summed E-state index contributed by atoms with van der Waals surface area (Å²) in [5.74, 6) is 1.64. The Morgan fingerprint density at radius 2 is 2.14 bits per heavy atom. The number of anilines is 1. The molecule has 0 bridgehead atoms. The van der Waals surface area contributed by atoms with E-state index < -0.39 is 0 Å². The Balaban J connectivity index is 1.64. The number of primary amides is 1. The predicted octanol–water partition coefficient (Wildman–Crippen LogP) is 2.12. The van der Waals surface area contributed by atoms with Gasteiger partial charge in [0, 0.05) is 48.6 Å². The molecule has 1 aromatic rings. The summed E-state index contributed by atoms with van der Waals surface area (Å²) in [6.07, 6.45) is 9.26. The van der Waals surface area contributed by atoms with E-state index in [0.29, 0.717) is 12.6 Å². The van der Waals surface area contributed by atoms with Gasteiger partial charge in [-0.15, -0.1) is 0 Å². The largest absolute Gasteiger partial charge is 0.369 e. The van der Waals surface area contributed by atoms with Crippen LogP contribution in [0.1, 0.15) is 44.6 Å². The molecule has 4 N–H and O–H groups in total. The first-order valence-electron chi connectivity index (χ1n) is 10.7. The first-order chi connectivity index (χ1) is 14.1. The SMILES string of the molecule is CCNC(=NCc1cccnc1N1CCC(C(N)=O)CC1)NC1CCC(SC)C1. The van der Waals surface area contributed by atoms with Crippen molar-refractivity contribution in [1.82, 2.24) is 15.6 Å². The Morgan fingerprint density at radius 1 is 1.34 bits per heavy atom. The number of aliphatic imine (C=N–C) groups is 1. The minimum atomic E-state index is -0.188. The van der Waals surface area contributed by atoms with Gasteiger partial charge in [0.05, 0.1) is 6.54 Å². The number of aromatic nitrogens is 1. The highest BCUT2D eigenvalue weighted by Gasteiger charge is 2.26. The van der Waals surface area contributed by atoms with Crippen molar-refractivity contribution in [3.8, 4) is 0 Å². The molecule has 1 amide bonds. The van der Waals surface area contributed by atoms with Crippen LogP contribution in [0.3, 0.4) is 0 Å². The average molecular weight is 419 g/mol. The van der Waals surface area contributed by atoms with Gasteiger partial charge in [0.1, 0.15) is 5.82 Å². The maximum atomic E-state index is 11.4. The van der Waals surface area contributed by atoms with Crippen LogP contribution in [0, 0.1) is 5.92 Å². The van der Waals surface area contributed by atoms with Crippen molar-refractivity contribution >= 4 is 29.4 Å². The second-order valence-corrected chi connectivity index (χ2v) is 9.00. The molecule has 1 aliphatic heterocycles. The van der Waals surface area contributed by atoms with Crippen LogP contribution in [0.2, 0.25) is 0 Å². The van der Waals surface area contributed by atoms with Gasteiger partial charge in [-0.2, -0.15) is 11.8 Å². The summed E-state index contributed by atoms with van der Waals surface area (Å²) >= 11 is 1.96. The molecule has 29 heavy (non-hydrogen) atoms. The molecule has 160 valence electrons. The van der Waals surface area contributed by atoms with E-state index in [2.05, 4.69) is 39.8 Å². The molecule has 1 aromatic heterocycles. The van der Waals surface area contributed by atoms with E-state index in [-0.39, 0.29) is 11.8 Å². The van der Waals surface area contributed by atoms with Gasteiger partial charge in [0.25, 0.3) is 0 Å². The molecule has 1 saturated heterocycles. The van der Waals surface area contributed by atoms with E-state index >= 15 is 0 Å². The Labute approximate surface area is 178 Å². The van der Waals surface area contributed by atoms with Crippen molar-refractivity contribution in [1.29, 1.82) is 0 Å². The van der Waals surface area contributed by atoms with Crippen LogP contribution in [0.25, 0.3) is 0 Å². The van der Waals surface area contributed by atoms with Crippen molar-refractivity contribution in [2.24, 2.45) is 16.6 Å². The van der Waals surface area contributed by atoms with Gasteiger partial charge in [0.15, 0.2) is 5.96 Å². The molecule has 2 fully saturated rings. The summed E-state index contributed by atoms with van der Waals surface area (Å²) in [6.45, 7) is 5.11. The summed E-state index contributed by atoms with van der Waals surface area (Å²) in [5.41, 5.74) is 6.58. The number of hydrogen-bond donors (Lipinski definition) is 3. The van der Waals surface area contributed by atoms with E-state index in [9.17, 15) is 4.79 Å². The molecule has 0 radical (unpaired) electrons. The van der Waals surface area contributed by atoms with Crippen molar-refractivity contribution in [2.75, 3.05) is 30.8 Å². The molecule has 2 unspecified atom stereocenters. The monoisotopic (exact) mass is 418 g/mol. The van der Waals surface area contributed by atoms with E-state index in [1.807, 2.05) is 24.0 Å². The fourth-order valence-corrected chi connectivity index (χ4v) is 4.97. The molecular formula is C21H34N6OS. The maximum absolute atomic E-state index is 11.4. The highest BCUT2D eigenvalue weighted by Crippen LogP contribution is 2.28. The number of nitrogens with zero attached hydrogens (tertiary/aromatic N) is 3. The highest BCUT2D eigenvalue weighted by atomic mass is 32.2. The van der Waals surface area contributed by atoms with Crippen LogP contribution in [-0.2, 0) is 11.3 Å². The Kier molecular flexibility index (Phi) is 8.03. The van der Waals surface area contributed by atoms with Crippen LogP contribution >= 0.6 is 11.8 Å². The number of rotatable bonds is 7. The van der Waals surface area contributed by atoms with E-state index in [0.717, 1.165) is 55.1 Å². The molecule has 2 atom stereocenters. The summed E-state index contributed by atoms with van der Waals surface area (Å²) in [6, 6.07) is 4.55. The fraction of sp³-hybridized carbons (Fsp3) is 0.667. The number of piperidine rings is 1. The van der Waals surface area contributed by atoms with Crippen LogP contribution in [0.15, 0.2) is 23.3 Å². The van der Waals surface area contributed by atoms with Gasteiger partial charge >= 0.3 is 0 Å². The third kappa shape index (κ3) is 6.01. The van der Waals surface area contributed by atoms with Gasteiger partial charge in [-0.1, -0.05) is 6.07 Å². The lowest BCUT2D eigenvalue weighted by atomic mass is 9.96. The number of thioether (sulfide) groups is 1. The number of nitrogens with one attached hydrogen (secondary N) is 2. The summed E-state index contributed by atoms with van der Waals surface area (Å²) in [4.78, 5) is 23.2. The highest BCUT2D eigenvalue weighted by molar-refractivity contribution is 7.99. The number of pyridine rings is 1. The molecule has 0 spiro atoms. The minimum Gasteiger partial charge on any atom is -0.369 e. The molecule has 2 aliphatic rings. The molecule has 2 heterocycles. The smallest absolute Gasteiger partial charge is 0.220 e. The zero-order valence-electron chi connectivity index (χ0n) is 17.6. The number of guanidine groups is 1. The number of hydrogen-bond acceptors (Lipinski definition) is 5. The lowest BCUT2D eigenvalue weighted by Gasteiger charge is -2.32. The van der Waals surface area contributed by atoms with Crippen molar-refractivity contribution in [2.45, 2.75) is 56.9 Å². The quantitative estimate of drug-likeness (QED) is 0.464. The van der Waals surface area contributed by atoms with Crippen molar-refractivity contribution in [3.63, 3.8) is 0 Å². The second kappa shape index (κ2) is 10.7. The summed E-state index contributed by atoms with van der Waals surface area (Å²) in [7, 11) is 0. The molecule has 3 rings (SSSR count). The minimum absolute atomic E-state index is 0.0162. The zero-order chi connectivity index (χ0) is 20.6. The van der Waals surface area contributed by atoms with Gasteiger partial charge in [-0.25, -0.2) is 9.98 Å². The fourth-order valence-electron chi connectivity index (χ4n) is 4.18. The zero-order valence-corrected chi connectivity index (χ0v) is 18.4. The average Bonchev–Trinajstić information content (AvgIpc) is 3.20. The van der Waals surface area contributed by atoms with E-state index in [4.69, 9.17) is 10.7 Å². The van der Waals surface area contributed by atoms with E-state index in [1.165, 1.54) is 19.3 Å². The molecule has 7 nitrogen and oxygen atoms in total. The van der Waals surface area contributed by atoms with Gasteiger partial charge in [-0.3, -0.25) is 4.79 Å². The second-order valence-electron chi connectivity index (χ2n) is 7.86. The molecule has 1 aliphatic carbocycles. The number of carbonyl (C=O) groups is 1. The lowest BCUT2D eigenvalue weighted by molar-refractivity contribution is -0.122. The number of amides is 1. The van der Waals surface area contributed by atoms with Crippen LogP contribution < -0.4 is 21.3 Å². The van der Waals surface area contributed by atoms with Crippen LogP contribution in [0.5, 0.6) is 0 Å². The third-order valence-electron chi connectivity index (χ3n) is 5.87. The van der Waals surface area contributed by atoms with Gasteiger partial charge in [0.2, 0.25) is 5.91 Å². The molecular weight excluding hydrogens is 384 g/mol. The predicted molar refractivity (Wildman–Crippen MR) is 121 cm³/mol. The summed E-state index contributed by atoms with van der Waals surface area (Å²) < 4.78 is 0. The number of carbonyl (C=O) groups excluding carboxylic acids is 1. The van der Waals surface area contributed by atoms with Crippen molar-refractivity contribution < 1.29 is 4.79 Å². The van der Waals surface area contributed by atoms with E-state index in [1.54, 1.807) is 0 Å². The standard InChI is InChI=1S/C21H34N6OS/c1-3-23-21(26-17-6-7-18(13-17)29-2)25-14-16-5-4-10-24-20(16)27-11-8-15(9-12-27)19(22)28/h4-5,10,15,17-18H,3,6-9,11-14H2,1-2H3,(H2,22,28)(H2,23,25,26). The van der Waals surface area contributed by atoms with Crippen molar-refractivity contribution in [3.05, 3.63) is 23.9 Å². The topological polar surface area (TPSA) is 95.6 Å². The third-order valence-corrected chi connectivity index (χ3v) is 6.97. The molecule has 1 saturated carbocycles. The maximum Gasteiger partial charge on any atom is 0.220 e. The lowest BCUT2D eigenvalue weighted by Crippen LogP contribution is -2.42. The number of nitrogens with two attached hydrogens (primary N) is 1. The van der Waals surface area contributed by atoms with Gasteiger partial charge in [-0.05, 0) is 51.3 Å². The normalized spacial score (nSPS) is 23.2. The van der Waals surface area contributed by atoms with Crippen LogP contribution in [0.4, 0.5) is 5.82 Å².